The van der Waals surface area contributed by atoms with E-state index in [0.29, 0.717) is 6.42 Å². The van der Waals surface area contributed by atoms with Crippen LogP contribution in [0.3, 0.4) is 0 Å². The van der Waals surface area contributed by atoms with Crippen LogP contribution in [0, 0.1) is 5.82 Å². The largest absolute Gasteiger partial charge is 0.458 e. The van der Waals surface area contributed by atoms with Crippen LogP contribution in [0.25, 0.3) is 28.1 Å². The number of para-hydroxylation sites is 1. The van der Waals surface area contributed by atoms with Gasteiger partial charge in [0.25, 0.3) is 0 Å². The molecular weight excluding hydrogens is 383 g/mol. The molecule has 0 aliphatic carbocycles. The van der Waals surface area contributed by atoms with Gasteiger partial charge >= 0.3 is 5.97 Å². The number of cyclic esters (lactones) is 1. The topological polar surface area (TPSA) is 62.7 Å². The van der Waals surface area contributed by atoms with E-state index in [2.05, 4.69) is 0 Å². The quantitative estimate of drug-likeness (QED) is 0.659. The predicted octanol–water partition coefficient (Wildman–Crippen LogP) is 4.19. The minimum atomic E-state index is -0.708. The number of esters is 1. The summed E-state index contributed by atoms with van der Waals surface area (Å²) in [4.78, 5) is 18.4. The number of aromatic nitrogens is 1. The number of anilines is 1. The van der Waals surface area contributed by atoms with E-state index in [-0.39, 0.29) is 12.2 Å². The summed E-state index contributed by atoms with van der Waals surface area (Å²) in [6.07, 6.45) is 2.82. The van der Waals surface area contributed by atoms with E-state index in [4.69, 9.17) is 9.72 Å². The number of hydrogen-bond donors (Lipinski definition) is 1. The van der Waals surface area contributed by atoms with Crippen LogP contribution < -0.4 is 4.90 Å². The van der Waals surface area contributed by atoms with Crippen molar-refractivity contribution >= 4 is 28.8 Å². The first kappa shape index (κ1) is 20.0. The number of rotatable bonds is 4. The molecule has 3 aromatic rings. The van der Waals surface area contributed by atoms with Crippen LogP contribution in [0.15, 0.2) is 54.6 Å². The lowest BCUT2D eigenvalue weighted by Gasteiger charge is -2.24. The third-order valence-electron chi connectivity index (χ3n) is 5.13. The zero-order valence-electron chi connectivity index (χ0n) is 16.9. The van der Waals surface area contributed by atoms with Crippen molar-refractivity contribution in [2.45, 2.75) is 25.0 Å². The fourth-order valence-electron chi connectivity index (χ4n) is 3.77. The van der Waals surface area contributed by atoms with E-state index in [1.165, 1.54) is 12.1 Å². The fraction of sp³-hybridized carbons (Fsp3) is 0.250. The average Bonchev–Trinajstić information content (AvgIpc) is 2.71. The molecule has 1 aliphatic rings. The fourth-order valence-corrected chi connectivity index (χ4v) is 3.77. The number of halogens is 1. The van der Waals surface area contributed by atoms with Gasteiger partial charge in [-0.2, -0.15) is 0 Å². The molecule has 6 heteroatoms. The number of nitrogens with zero attached hydrogens (tertiary/aromatic N) is 2. The van der Waals surface area contributed by atoms with Gasteiger partial charge in [-0.25, -0.2) is 9.37 Å². The van der Waals surface area contributed by atoms with Crippen LogP contribution in [0.1, 0.15) is 18.4 Å². The number of carbonyl (C=O) groups is 1. The van der Waals surface area contributed by atoms with E-state index in [1.54, 1.807) is 18.2 Å². The smallest absolute Gasteiger partial charge is 0.309 e. The first-order valence-corrected chi connectivity index (χ1v) is 9.84. The Balaban J connectivity index is 1.91. The van der Waals surface area contributed by atoms with E-state index in [0.717, 1.165) is 33.4 Å². The Morgan fingerprint density at radius 1 is 1.17 bits per heavy atom. The van der Waals surface area contributed by atoms with Gasteiger partial charge in [0.2, 0.25) is 0 Å². The molecular formula is C24H23FN2O3. The van der Waals surface area contributed by atoms with Gasteiger partial charge in [-0.05, 0) is 29.8 Å². The van der Waals surface area contributed by atoms with E-state index in [9.17, 15) is 14.3 Å². The normalized spacial score (nSPS) is 19.3. The van der Waals surface area contributed by atoms with Gasteiger partial charge in [-0.1, -0.05) is 36.4 Å². The molecule has 30 heavy (non-hydrogen) atoms. The number of benzene rings is 2. The molecule has 0 saturated carbocycles. The van der Waals surface area contributed by atoms with Crippen LogP contribution in [0.5, 0.6) is 0 Å². The second-order valence-corrected chi connectivity index (χ2v) is 7.62. The van der Waals surface area contributed by atoms with Crippen LogP contribution in [0.2, 0.25) is 0 Å². The van der Waals surface area contributed by atoms with E-state index >= 15 is 0 Å². The number of aliphatic hydroxyl groups is 1. The van der Waals surface area contributed by atoms with Crippen molar-refractivity contribution in [3.8, 4) is 11.1 Å². The average molecular weight is 406 g/mol. The maximum absolute atomic E-state index is 13.6. The molecule has 1 aliphatic heterocycles. The molecule has 0 unspecified atom stereocenters. The summed E-state index contributed by atoms with van der Waals surface area (Å²) in [7, 11) is 3.82. The van der Waals surface area contributed by atoms with Gasteiger partial charge < -0.3 is 14.7 Å². The lowest BCUT2D eigenvalue weighted by molar-refractivity contribution is -0.156. The summed E-state index contributed by atoms with van der Waals surface area (Å²) in [5, 5.41) is 10.8. The second kappa shape index (κ2) is 8.24. The molecule has 1 aromatic heterocycles. The third-order valence-corrected chi connectivity index (χ3v) is 5.13. The van der Waals surface area contributed by atoms with Crippen molar-refractivity contribution < 1.29 is 19.0 Å². The highest BCUT2D eigenvalue weighted by Crippen LogP contribution is 2.37. The molecule has 2 aromatic carbocycles. The zero-order chi connectivity index (χ0) is 21.3. The highest BCUT2D eigenvalue weighted by Gasteiger charge is 2.25. The van der Waals surface area contributed by atoms with Gasteiger partial charge in [0.1, 0.15) is 17.7 Å². The highest BCUT2D eigenvalue weighted by molar-refractivity contribution is 6.01. The molecule has 0 amide bonds. The van der Waals surface area contributed by atoms with Crippen LogP contribution >= 0.6 is 0 Å². The summed E-state index contributed by atoms with van der Waals surface area (Å²) >= 11 is 0. The number of fused-ring (bicyclic) bond motifs is 1. The van der Waals surface area contributed by atoms with E-state index < -0.39 is 18.2 Å². The highest BCUT2D eigenvalue weighted by atomic mass is 19.1. The molecule has 0 spiro atoms. The molecule has 1 saturated heterocycles. The summed E-state index contributed by atoms with van der Waals surface area (Å²) < 4.78 is 18.9. The third kappa shape index (κ3) is 4.04. The molecule has 0 bridgehead atoms. The minimum Gasteiger partial charge on any atom is -0.458 e. The first-order valence-electron chi connectivity index (χ1n) is 9.84. The summed E-state index contributed by atoms with van der Waals surface area (Å²) in [6, 6.07) is 14.2. The molecule has 2 atom stereocenters. The second-order valence-electron chi connectivity index (χ2n) is 7.62. The van der Waals surface area contributed by atoms with Crippen LogP contribution in [-0.2, 0) is 9.53 Å². The van der Waals surface area contributed by atoms with Crippen molar-refractivity contribution in [1.82, 2.24) is 4.98 Å². The number of carbonyl (C=O) groups excluding carboxylic acids is 1. The van der Waals surface area contributed by atoms with Gasteiger partial charge in [0, 0.05) is 37.0 Å². The standard InChI is InChI=1S/C24H23FN2O3/c1-27(2)24-20(12-11-18-13-17(28)14-22(29)30-18)23(15-7-9-16(25)10-8-15)19-5-3-4-6-21(19)26-24/h3-12,17-18,28H,13-14H2,1-2H3/b12-11+/t17-,18-/m0/s1. The van der Waals surface area contributed by atoms with Gasteiger partial charge in [0.05, 0.1) is 18.0 Å². The SMILES string of the molecule is CN(C)c1nc2ccccc2c(-c2ccc(F)cc2)c1/C=C/[C@H]1C[C@H](O)CC(=O)O1. The lowest BCUT2D eigenvalue weighted by Crippen LogP contribution is -2.31. The number of pyridine rings is 1. The Kier molecular flexibility index (Phi) is 5.50. The molecule has 2 heterocycles. The maximum Gasteiger partial charge on any atom is 0.309 e. The lowest BCUT2D eigenvalue weighted by atomic mass is 9.94. The monoisotopic (exact) mass is 406 g/mol. The molecule has 5 nitrogen and oxygen atoms in total. The Morgan fingerprint density at radius 3 is 2.60 bits per heavy atom. The van der Waals surface area contributed by atoms with Gasteiger partial charge in [-0.3, -0.25) is 4.79 Å². The van der Waals surface area contributed by atoms with Gasteiger partial charge in [0.15, 0.2) is 0 Å². The summed E-state index contributed by atoms with van der Waals surface area (Å²) in [5.74, 6) is 0.0312. The number of hydrogen-bond acceptors (Lipinski definition) is 5. The number of aliphatic hydroxyl groups excluding tert-OH is 1. The molecule has 0 radical (unpaired) electrons. The first-order chi connectivity index (χ1) is 14.4. The van der Waals surface area contributed by atoms with Crippen molar-refractivity contribution in [2.75, 3.05) is 19.0 Å². The Labute approximate surface area is 174 Å². The molecule has 4 rings (SSSR count). The molecule has 154 valence electrons. The molecule has 1 fully saturated rings. The predicted molar refractivity (Wildman–Crippen MR) is 116 cm³/mol. The van der Waals surface area contributed by atoms with Gasteiger partial charge in [-0.15, -0.1) is 0 Å². The van der Waals surface area contributed by atoms with E-state index in [1.807, 2.05) is 49.3 Å². The summed E-state index contributed by atoms with van der Waals surface area (Å²) in [6.45, 7) is 0. The van der Waals surface area contributed by atoms with Crippen LogP contribution in [-0.4, -0.2) is 42.4 Å². The molecule has 1 N–H and O–H groups in total. The van der Waals surface area contributed by atoms with Crippen molar-refractivity contribution in [1.29, 1.82) is 0 Å². The number of ether oxygens (including phenoxy) is 1. The zero-order valence-corrected chi connectivity index (χ0v) is 16.9. The Morgan fingerprint density at radius 2 is 1.90 bits per heavy atom. The van der Waals surface area contributed by atoms with Crippen molar-refractivity contribution in [2.24, 2.45) is 0 Å². The van der Waals surface area contributed by atoms with Crippen LogP contribution in [0.4, 0.5) is 10.2 Å². The Bertz CT molecular complexity index is 1110. The Hall–Kier alpha value is -3.25. The maximum atomic E-state index is 13.6. The van der Waals surface area contributed by atoms with Crippen molar-refractivity contribution in [3.05, 3.63) is 66.0 Å². The van der Waals surface area contributed by atoms with Crippen molar-refractivity contribution in [3.63, 3.8) is 0 Å². The minimum absolute atomic E-state index is 0.0195. The summed E-state index contributed by atoms with van der Waals surface area (Å²) in [5.41, 5.74) is 3.44.